The number of hydrogen-bond acceptors (Lipinski definition) is 4. The molecule has 0 radical (unpaired) electrons. The molecular weight excluding hydrogens is 200 g/mol. The molecule has 2 heterocycles. The van der Waals surface area contributed by atoms with Gasteiger partial charge < -0.3 is 0 Å². The van der Waals surface area contributed by atoms with Crippen LogP contribution in [0.1, 0.15) is 18.8 Å². The fourth-order valence-electron chi connectivity index (χ4n) is 1.15. The summed E-state index contributed by atoms with van der Waals surface area (Å²) in [4.78, 5) is 8.08. The van der Waals surface area contributed by atoms with E-state index in [0.717, 1.165) is 5.82 Å². The van der Waals surface area contributed by atoms with Gasteiger partial charge in [-0.2, -0.15) is 5.10 Å². The van der Waals surface area contributed by atoms with E-state index in [4.69, 9.17) is 12.2 Å². The number of aromatic nitrogens is 6. The molecule has 0 saturated heterocycles. The van der Waals surface area contributed by atoms with Crippen molar-refractivity contribution < 1.29 is 0 Å². The average molecular weight is 210 g/mol. The molecule has 2 rings (SSSR count). The van der Waals surface area contributed by atoms with E-state index < -0.39 is 0 Å². The maximum Gasteiger partial charge on any atom is 0.215 e. The highest BCUT2D eigenvalue weighted by atomic mass is 32.1. The summed E-state index contributed by atoms with van der Waals surface area (Å²) in [6.07, 6.45) is 3.14. The Hall–Kier alpha value is -1.50. The van der Waals surface area contributed by atoms with E-state index in [1.807, 2.05) is 14.0 Å². The molecular formula is C7H10N6S. The van der Waals surface area contributed by atoms with Gasteiger partial charge >= 0.3 is 0 Å². The van der Waals surface area contributed by atoms with Gasteiger partial charge in [0.1, 0.15) is 24.5 Å². The van der Waals surface area contributed by atoms with E-state index in [0.29, 0.717) is 4.77 Å². The number of H-pyrrole nitrogens is 1. The Balaban J connectivity index is 2.36. The van der Waals surface area contributed by atoms with Crippen molar-refractivity contribution in [3.63, 3.8) is 0 Å². The summed E-state index contributed by atoms with van der Waals surface area (Å²) in [6.45, 7) is 1.97. The van der Waals surface area contributed by atoms with Crippen LogP contribution in [0.25, 0.3) is 0 Å². The van der Waals surface area contributed by atoms with Crippen LogP contribution in [0.4, 0.5) is 0 Å². The molecule has 0 bridgehead atoms. The van der Waals surface area contributed by atoms with Crippen LogP contribution in [0.5, 0.6) is 0 Å². The van der Waals surface area contributed by atoms with Gasteiger partial charge in [-0.3, -0.25) is 9.78 Å². The van der Waals surface area contributed by atoms with Gasteiger partial charge in [0.2, 0.25) is 4.77 Å². The molecule has 0 saturated carbocycles. The second-order valence-corrected chi connectivity index (χ2v) is 3.37. The molecule has 6 nitrogen and oxygen atoms in total. The van der Waals surface area contributed by atoms with Crippen molar-refractivity contribution >= 4 is 12.2 Å². The molecule has 0 aliphatic rings. The Morgan fingerprint density at radius 2 is 2.36 bits per heavy atom. The molecule has 1 N–H and O–H groups in total. The Kier molecular flexibility index (Phi) is 2.16. The number of aromatic amines is 1. The normalized spacial score (nSPS) is 13.0. The lowest BCUT2D eigenvalue weighted by molar-refractivity contribution is 0.530. The van der Waals surface area contributed by atoms with Crippen molar-refractivity contribution in [1.29, 1.82) is 0 Å². The quantitative estimate of drug-likeness (QED) is 0.740. The summed E-state index contributed by atoms with van der Waals surface area (Å²) in [7, 11) is 1.83. The first-order valence-corrected chi connectivity index (χ1v) is 4.56. The molecule has 14 heavy (non-hydrogen) atoms. The van der Waals surface area contributed by atoms with Gasteiger partial charge in [-0.1, -0.05) is 0 Å². The third-order valence-corrected chi connectivity index (χ3v) is 2.38. The minimum atomic E-state index is 0.0143. The average Bonchev–Trinajstić information content (AvgIpc) is 2.76. The fraction of sp³-hybridized carbons (Fsp3) is 0.429. The van der Waals surface area contributed by atoms with Crippen molar-refractivity contribution in [2.75, 3.05) is 0 Å². The van der Waals surface area contributed by atoms with E-state index in [1.165, 1.54) is 6.33 Å². The van der Waals surface area contributed by atoms with Gasteiger partial charge in [0.15, 0.2) is 0 Å². The Bertz CT molecular complexity index is 467. The summed E-state index contributed by atoms with van der Waals surface area (Å²) in [5.74, 6) is 0.781. The van der Waals surface area contributed by atoms with Crippen LogP contribution in [-0.4, -0.2) is 29.5 Å². The molecule has 0 aliphatic heterocycles. The van der Waals surface area contributed by atoms with E-state index in [1.54, 1.807) is 15.7 Å². The Labute approximate surface area is 85.6 Å². The van der Waals surface area contributed by atoms with Crippen molar-refractivity contribution in [1.82, 2.24) is 29.5 Å². The van der Waals surface area contributed by atoms with Crippen LogP contribution in [0.2, 0.25) is 0 Å². The molecule has 2 aromatic heterocycles. The predicted octanol–water partition coefficient (Wildman–Crippen LogP) is 0.678. The first kappa shape index (κ1) is 9.07. The molecule has 1 unspecified atom stereocenters. The molecule has 0 aliphatic carbocycles. The van der Waals surface area contributed by atoms with E-state index in [-0.39, 0.29) is 6.04 Å². The summed E-state index contributed by atoms with van der Waals surface area (Å²) >= 11 is 5.00. The number of rotatable bonds is 2. The van der Waals surface area contributed by atoms with E-state index >= 15 is 0 Å². The van der Waals surface area contributed by atoms with Crippen LogP contribution in [-0.2, 0) is 7.05 Å². The zero-order chi connectivity index (χ0) is 10.1. The van der Waals surface area contributed by atoms with Gasteiger partial charge in [-0.25, -0.2) is 14.6 Å². The van der Waals surface area contributed by atoms with Crippen molar-refractivity contribution in [2.45, 2.75) is 13.0 Å². The first-order chi connectivity index (χ1) is 6.68. The fourth-order valence-corrected chi connectivity index (χ4v) is 1.30. The highest BCUT2D eigenvalue weighted by molar-refractivity contribution is 7.71. The van der Waals surface area contributed by atoms with Crippen molar-refractivity contribution in [3.05, 3.63) is 23.3 Å². The largest absolute Gasteiger partial charge is 0.282 e. The van der Waals surface area contributed by atoms with Gasteiger partial charge in [-0.05, 0) is 19.1 Å². The maximum absolute atomic E-state index is 5.00. The molecule has 2 aromatic rings. The standard InChI is InChI=1S/C7H10N6S/c1-5(13-4-8-3-9-13)6-10-7(14)12(2)11-6/h3-5H,1-2H3,(H,10,11,14). The monoisotopic (exact) mass is 210 g/mol. The van der Waals surface area contributed by atoms with Gasteiger partial charge in [0.25, 0.3) is 0 Å². The van der Waals surface area contributed by atoms with E-state index in [9.17, 15) is 0 Å². The Morgan fingerprint density at radius 1 is 1.57 bits per heavy atom. The number of hydrogen-bond donors (Lipinski definition) is 1. The zero-order valence-electron chi connectivity index (χ0n) is 7.88. The third-order valence-electron chi connectivity index (χ3n) is 2.01. The number of aryl methyl sites for hydroxylation is 1. The second kappa shape index (κ2) is 3.33. The summed E-state index contributed by atoms with van der Waals surface area (Å²) in [6, 6.07) is 0.0143. The minimum Gasteiger partial charge on any atom is -0.282 e. The molecule has 0 fully saturated rings. The predicted molar refractivity (Wildman–Crippen MR) is 52.2 cm³/mol. The number of nitrogens with one attached hydrogen (secondary N) is 1. The third kappa shape index (κ3) is 1.46. The van der Waals surface area contributed by atoms with Crippen LogP contribution >= 0.6 is 12.2 Å². The zero-order valence-corrected chi connectivity index (χ0v) is 8.69. The van der Waals surface area contributed by atoms with Gasteiger partial charge in [-0.15, -0.1) is 0 Å². The molecule has 7 heteroatoms. The van der Waals surface area contributed by atoms with Gasteiger partial charge in [0, 0.05) is 7.05 Å². The van der Waals surface area contributed by atoms with E-state index in [2.05, 4.69) is 20.2 Å². The first-order valence-electron chi connectivity index (χ1n) is 4.15. The highest BCUT2D eigenvalue weighted by Gasteiger charge is 2.11. The topological polar surface area (TPSA) is 64.3 Å². The Morgan fingerprint density at radius 3 is 2.86 bits per heavy atom. The SMILES string of the molecule is CC(c1nc(=S)n(C)[nH]1)n1cncn1. The second-order valence-electron chi connectivity index (χ2n) is 3.00. The van der Waals surface area contributed by atoms with Crippen molar-refractivity contribution in [2.24, 2.45) is 7.05 Å². The van der Waals surface area contributed by atoms with Gasteiger partial charge in [0.05, 0.1) is 0 Å². The number of nitrogens with zero attached hydrogens (tertiary/aromatic N) is 5. The van der Waals surface area contributed by atoms with Crippen LogP contribution < -0.4 is 0 Å². The lowest BCUT2D eigenvalue weighted by atomic mass is 10.3. The smallest absolute Gasteiger partial charge is 0.215 e. The lowest BCUT2D eigenvalue weighted by Crippen LogP contribution is -2.09. The molecule has 0 spiro atoms. The summed E-state index contributed by atoms with van der Waals surface area (Å²) < 4.78 is 3.94. The summed E-state index contributed by atoms with van der Waals surface area (Å²) in [5, 5.41) is 7.08. The summed E-state index contributed by atoms with van der Waals surface area (Å²) in [5.41, 5.74) is 0. The molecule has 74 valence electrons. The van der Waals surface area contributed by atoms with Crippen molar-refractivity contribution in [3.8, 4) is 0 Å². The lowest BCUT2D eigenvalue weighted by Gasteiger charge is -2.06. The van der Waals surface area contributed by atoms with Crippen LogP contribution in [0.3, 0.4) is 0 Å². The maximum atomic E-state index is 5.00. The molecule has 1 atom stereocenters. The van der Waals surface area contributed by atoms with Crippen LogP contribution in [0.15, 0.2) is 12.7 Å². The highest BCUT2D eigenvalue weighted by Crippen LogP contribution is 2.10. The van der Waals surface area contributed by atoms with Crippen LogP contribution in [0, 0.1) is 4.77 Å². The minimum absolute atomic E-state index is 0.0143. The molecule has 0 amide bonds. The molecule has 0 aromatic carbocycles.